The number of aryl methyl sites for hydroxylation is 1. The van der Waals surface area contributed by atoms with E-state index in [1.54, 1.807) is 53.1 Å². The number of amidine groups is 1. The molecule has 0 aliphatic rings. The van der Waals surface area contributed by atoms with Gasteiger partial charge in [-0.3, -0.25) is 10.2 Å². The Hall–Kier alpha value is -4.01. The van der Waals surface area contributed by atoms with E-state index in [0.29, 0.717) is 22.4 Å². The van der Waals surface area contributed by atoms with Crippen molar-refractivity contribution in [2.45, 2.75) is 18.2 Å². The zero-order valence-corrected chi connectivity index (χ0v) is 19.3. The first-order valence-corrected chi connectivity index (χ1v) is 12.1. The van der Waals surface area contributed by atoms with Crippen LogP contribution in [0.4, 0.5) is 0 Å². The number of rotatable bonds is 7. The van der Waals surface area contributed by atoms with Crippen molar-refractivity contribution in [3.05, 3.63) is 107 Å². The van der Waals surface area contributed by atoms with Crippen LogP contribution in [0.25, 0.3) is 16.8 Å². The molecule has 0 aliphatic heterocycles. The number of aromatic nitrogens is 1. The number of nitrogens with zero attached hydrogens (tertiary/aromatic N) is 1. The lowest BCUT2D eigenvalue weighted by atomic mass is 10.0. The van der Waals surface area contributed by atoms with Crippen molar-refractivity contribution in [1.82, 2.24) is 4.57 Å². The smallest absolute Gasteiger partial charge is 0.238 e. The summed E-state index contributed by atoms with van der Waals surface area (Å²) in [7, 11) is -3.86. The first kappa shape index (κ1) is 23.2. The summed E-state index contributed by atoms with van der Waals surface area (Å²) in [6, 6.07) is 22.8. The molecule has 34 heavy (non-hydrogen) atoms. The molecule has 0 saturated carbocycles. The third-order valence-corrected chi connectivity index (χ3v) is 6.47. The Morgan fingerprint density at radius 1 is 0.971 bits per heavy atom. The summed E-state index contributed by atoms with van der Waals surface area (Å²) in [4.78, 5) is 13.3. The number of carbonyl (C=O) groups excluding carboxylic acids is 1. The van der Waals surface area contributed by atoms with Gasteiger partial charge < -0.3 is 10.3 Å². The quantitative estimate of drug-likeness (QED) is 0.214. The molecule has 1 aromatic heterocycles. The molecule has 0 fully saturated rings. The Labute approximate surface area is 198 Å². The molecule has 8 heteroatoms. The van der Waals surface area contributed by atoms with Crippen molar-refractivity contribution in [1.29, 1.82) is 5.41 Å². The van der Waals surface area contributed by atoms with Crippen LogP contribution in [0.2, 0.25) is 0 Å². The number of hydrogen-bond donors (Lipinski definition) is 3. The average molecular weight is 473 g/mol. The molecule has 0 saturated heterocycles. The fourth-order valence-corrected chi connectivity index (χ4v) is 4.64. The van der Waals surface area contributed by atoms with Gasteiger partial charge in [-0.05, 0) is 47.9 Å². The highest BCUT2D eigenvalue weighted by atomic mass is 32.2. The first-order chi connectivity index (χ1) is 16.1. The second-order valence-electron chi connectivity index (χ2n) is 8.07. The molecule has 7 nitrogen and oxygen atoms in total. The maximum Gasteiger partial charge on any atom is 0.238 e. The maximum atomic E-state index is 13.2. The molecule has 0 atom stereocenters. The van der Waals surface area contributed by atoms with Crippen molar-refractivity contribution >= 4 is 21.6 Å². The van der Waals surface area contributed by atoms with Crippen LogP contribution in [-0.4, -0.2) is 24.6 Å². The Morgan fingerprint density at radius 3 is 2.35 bits per heavy atom. The van der Waals surface area contributed by atoms with Gasteiger partial charge in [-0.2, -0.15) is 0 Å². The molecular weight excluding hydrogens is 448 g/mol. The molecule has 0 bridgehead atoms. The van der Waals surface area contributed by atoms with Gasteiger partial charge in [0.25, 0.3) is 0 Å². The normalized spacial score (nSPS) is 11.4. The van der Waals surface area contributed by atoms with Gasteiger partial charge in [0.2, 0.25) is 10.0 Å². The number of nitrogens with two attached hydrogens (primary N) is 2. The number of benzene rings is 3. The fraction of sp³-hybridized carbons (Fsp3) is 0.0769. The summed E-state index contributed by atoms with van der Waals surface area (Å²) in [6.45, 7) is 1.92. The van der Waals surface area contributed by atoms with Crippen LogP contribution in [0, 0.1) is 12.3 Å². The van der Waals surface area contributed by atoms with E-state index in [-0.39, 0.29) is 22.9 Å². The minimum atomic E-state index is -3.86. The number of nitrogen functional groups attached to an aromatic ring is 1. The molecule has 1 heterocycles. The summed E-state index contributed by atoms with van der Waals surface area (Å²) >= 11 is 0. The standard InChI is InChI=1S/C26H24N4O3S/c1-17-13-23(30(16-17)21-6-4-5-20(15-21)26(27)28)24(31)14-18-9-11-19(12-10-18)22-7-2-3-8-25(22)34(29,32)33/h2-13,15-16H,14H2,1H3,(H3,27,28)(H2,29,32,33). The third-order valence-electron chi connectivity index (χ3n) is 5.50. The van der Waals surface area contributed by atoms with E-state index in [9.17, 15) is 13.2 Å². The van der Waals surface area contributed by atoms with E-state index in [1.807, 2.05) is 37.4 Å². The minimum Gasteiger partial charge on any atom is -0.384 e. The molecule has 172 valence electrons. The zero-order valence-electron chi connectivity index (χ0n) is 18.5. The third kappa shape index (κ3) is 4.83. The average Bonchev–Trinajstić information content (AvgIpc) is 3.21. The minimum absolute atomic E-state index is 0.0392. The lowest BCUT2D eigenvalue weighted by Gasteiger charge is -2.11. The highest BCUT2D eigenvalue weighted by molar-refractivity contribution is 7.89. The molecule has 0 radical (unpaired) electrons. The second-order valence-corrected chi connectivity index (χ2v) is 9.60. The molecule has 4 rings (SSSR count). The summed E-state index contributed by atoms with van der Waals surface area (Å²) in [5, 5.41) is 13.0. The number of sulfonamides is 1. The van der Waals surface area contributed by atoms with Gasteiger partial charge in [-0.15, -0.1) is 0 Å². The summed E-state index contributed by atoms with van der Waals surface area (Å²) in [5.41, 5.74) is 10.4. The van der Waals surface area contributed by atoms with Gasteiger partial charge in [0.15, 0.2) is 5.78 Å². The Balaban J connectivity index is 1.61. The van der Waals surface area contributed by atoms with Crippen LogP contribution in [0.15, 0.2) is 90.0 Å². The van der Waals surface area contributed by atoms with E-state index >= 15 is 0 Å². The molecule has 0 spiro atoms. The molecule has 5 N–H and O–H groups in total. The Morgan fingerprint density at radius 2 is 1.68 bits per heavy atom. The molecule has 4 aromatic rings. The van der Waals surface area contributed by atoms with Crippen molar-refractivity contribution in [3.8, 4) is 16.8 Å². The largest absolute Gasteiger partial charge is 0.384 e. The van der Waals surface area contributed by atoms with Crippen LogP contribution >= 0.6 is 0 Å². The van der Waals surface area contributed by atoms with Crippen LogP contribution < -0.4 is 10.9 Å². The van der Waals surface area contributed by atoms with Crippen LogP contribution in [0.3, 0.4) is 0 Å². The molecular formula is C26H24N4O3S. The number of ketones is 1. The van der Waals surface area contributed by atoms with Gasteiger partial charge in [0.05, 0.1) is 10.6 Å². The number of Topliss-reactive ketones (excluding diaryl/α,β-unsaturated/α-hetero) is 1. The number of nitrogens with one attached hydrogen (secondary N) is 1. The summed E-state index contributed by atoms with van der Waals surface area (Å²) in [5.74, 6) is -0.110. The van der Waals surface area contributed by atoms with E-state index in [2.05, 4.69) is 0 Å². The van der Waals surface area contributed by atoms with E-state index < -0.39 is 10.0 Å². The summed E-state index contributed by atoms with van der Waals surface area (Å²) < 4.78 is 25.6. The molecule has 0 amide bonds. The Kier molecular flexibility index (Phi) is 6.19. The number of primary sulfonamides is 1. The topological polar surface area (TPSA) is 132 Å². The number of carbonyl (C=O) groups is 1. The predicted octanol–water partition coefficient (Wildman–Crippen LogP) is 3.81. The molecule has 3 aromatic carbocycles. The van der Waals surface area contributed by atoms with Crippen molar-refractivity contribution in [3.63, 3.8) is 0 Å². The second kappa shape index (κ2) is 9.09. The predicted molar refractivity (Wildman–Crippen MR) is 133 cm³/mol. The SMILES string of the molecule is Cc1cc(C(=O)Cc2ccc(-c3ccccc3S(N)(=O)=O)cc2)n(-c2cccc(C(=N)N)c2)c1. The van der Waals surface area contributed by atoms with E-state index in [4.69, 9.17) is 16.3 Å². The van der Waals surface area contributed by atoms with Gasteiger partial charge in [-0.1, -0.05) is 54.6 Å². The van der Waals surface area contributed by atoms with Crippen LogP contribution in [0.5, 0.6) is 0 Å². The van der Waals surface area contributed by atoms with Crippen molar-refractivity contribution in [2.24, 2.45) is 10.9 Å². The van der Waals surface area contributed by atoms with Crippen molar-refractivity contribution in [2.75, 3.05) is 0 Å². The van der Waals surface area contributed by atoms with Crippen LogP contribution in [0.1, 0.15) is 27.2 Å². The lowest BCUT2D eigenvalue weighted by molar-refractivity contribution is 0.0986. The highest BCUT2D eigenvalue weighted by Crippen LogP contribution is 2.27. The summed E-state index contributed by atoms with van der Waals surface area (Å²) in [6.07, 6.45) is 2.05. The van der Waals surface area contributed by atoms with Gasteiger partial charge in [0.1, 0.15) is 5.84 Å². The monoisotopic (exact) mass is 472 g/mol. The van der Waals surface area contributed by atoms with Gasteiger partial charge >= 0.3 is 0 Å². The van der Waals surface area contributed by atoms with E-state index in [0.717, 1.165) is 16.8 Å². The first-order valence-electron chi connectivity index (χ1n) is 10.5. The maximum absolute atomic E-state index is 13.2. The van der Waals surface area contributed by atoms with E-state index in [1.165, 1.54) is 6.07 Å². The number of hydrogen-bond acceptors (Lipinski definition) is 4. The molecule has 0 unspecified atom stereocenters. The lowest BCUT2D eigenvalue weighted by Crippen LogP contribution is -2.13. The molecule has 0 aliphatic carbocycles. The van der Waals surface area contributed by atoms with Crippen LogP contribution in [-0.2, 0) is 16.4 Å². The van der Waals surface area contributed by atoms with Gasteiger partial charge in [0, 0.05) is 29.4 Å². The van der Waals surface area contributed by atoms with Gasteiger partial charge in [-0.25, -0.2) is 13.6 Å². The fourth-order valence-electron chi connectivity index (χ4n) is 3.88. The highest BCUT2D eigenvalue weighted by Gasteiger charge is 2.17. The zero-order chi connectivity index (χ0) is 24.5. The van der Waals surface area contributed by atoms with Crippen molar-refractivity contribution < 1.29 is 13.2 Å². The Bertz CT molecular complexity index is 1500.